The van der Waals surface area contributed by atoms with E-state index in [1.54, 1.807) is 43.3 Å². The molecule has 0 aliphatic carbocycles. The van der Waals surface area contributed by atoms with E-state index in [0.29, 0.717) is 11.3 Å². The number of hydrogen-bond donors (Lipinski definition) is 2. The Kier molecular flexibility index (Phi) is 8.09. The van der Waals surface area contributed by atoms with Gasteiger partial charge in [-0.05, 0) is 36.8 Å². The van der Waals surface area contributed by atoms with E-state index in [4.69, 9.17) is 10.4 Å². The fourth-order valence-corrected chi connectivity index (χ4v) is 3.38. The summed E-state index contributed by atoms with van der Waals surface area (Å²) >= 11 is 0. The van der Waals surface area contributed by atoms with Crippen molar-refractivity contribution in [2.75, 3.05) is 11.4 Å². The van der Waals surface area contributed by atoms with Crippen molar-refractivity contribution >= 4 is 27.5 Å². The van der Waals surface area contributed by atoms with Gasteiger partial charge in [0, 0.05) is 25.1 Å². The largest absolute Gasteiger partial charge is 0.350 e. The Hall–Kier alpha value is -3.22. The lowest BCUT2D eigenvalue weighted by Gasteiger charge is -2.22. The molecule has 8 nitrogen and oxygen atoms in total. The lowest BCUT2D eigenvalue weighted by molar-refractivity contribution is -0.125. The summed E-state index contributed by atoms with van der Waals surface area (Å²) in [5, 5.41) is 16.7. The predicted octanol–water partition coefficient (Wildman–Crippen LogP) is 2.24. The number of carbonyl (C=O) groups excluding carboxylic acids is 2. The molecule has 3 N–H and O–H groups in total. The number of primary sulfonamides is 1. The summed E-state index contributed by atoms with van der Waals surface area (Å²) in [5.74, 6) is -0.545. The lowest BCUT2D eigenvalue weighted by atomic mass is 10.1. The van der Waals surface area contributed by atoms with E-state index in [2.05, 4.69) is 5.32 Å². The molecule has 1 atom stereocenters. The molecular formula is C21H24N4O4S. The molecule has 2 amide bonds. The van der Waals surface area contributed by atoms with Gasteiger partial charge in [-0.25, -0.2) is 13.6 Å². The van der Waals surface area contributed by atoms with Gasteiger partial charge in [-0.3, -0.25) is 9.59 Å². The van der Waals surface area contributed by atoms with E-state index in [0.717, 1.165) is 0 Å². The molecule has 0 heterocycles. The first kappa shape index (κ1) is 23.1. The molecule has 2 rings (SSSR count). The molecule has 1 unspecified atom stereocenters. The number of sulfonamides is 1. The number of anilines is 1. The van der Waals surface area contributed by atoms with Gasteiger partial charge in [0.1, 0.15) is 0 Å². The fourth-order valence-electron chi connectivity index (χ4n) is 2.87. The minimum Gasteiger partial charge on any atom is -0.350 e. The van der Waals surface area contributed by atoms with Crippen molar-refractivity contribution in [2.45, 2.75) is 37.1 Å². The fraction of sp³-hybridized carbons (Fsp3) is 0.286. The molecule has 2 aromatic carbocycles. The van der Waals surface area contributed by atoms with Gasteiger partial charge in [0.05, 0.1) is 23.4 Å². The molecule has 0 spiro atoms. The zero-order chi connectivity index (χ0) is 22.1. The maximum atomic E-state index is 12.6. The number of hydrogen-bond acceptors (Lipinski definition) is 5. The minimum absolute atomic E-state index is 0.00321. The molecule has 0 aliphatic rings. The number of rotatable bonds is 9. The van der Waals surface area contributed by atoms with E-state index in [9.17, 15) is 18.0 Å². The van der Waals surface area contributed by atoms with Gasteiger partial charge < -0.3 is 10.2 Å². The zero-order valence-corrected chi connectivity index (χ0v) is 17.4. The van der Waals surface area contributed by atoms with E-state index >= 15 is 0 Å². The van der Waals surface area contributed by atoms with Crippen LogP contribution in [0.4, 0.5) is 5.69 Å². The first-order valence-corrected chi connectivity index (χ1v) is 10.9. The Morgan fingerprint density at radius 2 is 1.73 bits per heavy atom. The smallest absolute Gasteiger partial charge is 0.238 e. The van der Waals surface area contributed by atoms with Gasteiger partial charge in [0.15, 0.2) is 0 Å². The van der Waals surface area contributed by atoms with Gasteiger partial charge in [0.2, 0.25) is 21.8 Å². The topological polar surface area (TPSA) is 133 Å². The van der Waals surface area contributed by atoms with Crippen LogP contribution in [0.25, 0.3) is 0 Å². The third-order valence-electron chi connectivity index (χ3n) is 4.47. The Labute approximate surface area is 176 Å². The average Bonchev–Trinajstić information content (AvgIpc) is 2.72. The van der Waals surface area contributed by atoms with Crippen molar-refractivity contribution in [1.29, 1.82) is 5.26 Å². The van der Waals surface area contributed by atoms with Crippen LogP contribution in [0, 0.1) is 11.3 Å². The molecule has 30 heavy (non-hydrogen) atoms. The second-order valence-electron chi connectivity index (χ2n) is 6.69. The predicted molar refractivity (Wildman–Crippen MR) is 113 cm³/mol. The van der Waals surface area contributed by atoms with Gasteiger partial charge in [0.25, 0.3) is 0 Å². The molecule has 0 radical (unpaired) electrons. The molecular weight excluding hydrogens is 404 g/mol. The van der Waals surface area contributed by atoms with Crippen LogP contribution in [0.1, 0.15) is 37.8 Å². The Bertz CT molecular complexity index is 1020. The molecule has 0 aliphatic heterocycles. The molecule has 2 aromatic rings. The van der Waals surface area contributed by atoms with Crippen molar-refractivity contribution in [3.8, 4) is 6.07 Å². The summed E-state index contributed by atoms with van der Waals surface area (Å²) in [6, 6.07) is 16.6. The highest BCUT2D eigenvalue weighted by Gasteiger charge is 2.18. The van der Waals surface area contributed by atoms with Gasteiger partial charge in [-0.1, -0.05) is 30.3 Å². The summed E-state index contributed by atoms with van der Waals surface area (Å²) < 4.78 is 22.6. The lowest BCUT2D eigenvalue weighted by Crippen LogP contribution is -2.33. The summed E-state index contributed by atoms with van der Waals surface area (Å²) in [5.41, 5.74) is 1.39. The summed E-state index contributed by atoms with van der Waals surface area (Å²) in [7, 11) is -3.77. The van der Waals surface area contributed by atoms with Crippen LogP contribution >= 0.6 is 0 Å². The van der Waals surface area contributed by atoms with Gasteiger partial charge in [-0.15, -0.1) is 0 Å². The second-order valence-corrected chi connectivity index (χ2v) is 8.25. The van der Waals surface area contributed by atoms with E-state index in [-0.39, 0.29) is 48.6 Å². The number of benzene rings is 2. The maximum absolute atomic E-state index is 12.6. The molecule has 0 aromatic heterocycles. The van der Waals surface area contributed by atoms with Crippen LogP contribution in [-0.4, -0.2) is 26.8 Å². The van der Waals surface area contributed by atoms with Crippen LogP contribution < -0.4 is 15.4 Å². The van der Waals surface area contributed by atoms with E-state index in [1.807, 2.05) is 12.1 Å². The Morgan fingerprint density at radius 1 is 1.10 bits per heavy atom. The number of carbonyl (C=O) groups is 2. The number of amides is 2. The highest BCUT2D eigenvalue weighted by molar-refractivity contribution is 7.89. The number of nitriles is 1. The number of para-hydroxylation sites is 1. The Balaban J connectivity index is 1.93. The van der Waals surface area contributed by atoms with Crippen LogP contribution in [0.3, 0.4) is 0 Å². The van der Waals surface area contributed by atoms with E-state index < -0.39 is 10.0 Å². The summed E-state index contributed by atoms with van der Waals surface area (Å²) in [4.78, 5) is 26.4. The molecule has 0 saturated heterocycles. The number of nitrogens with zero attached hydrogens (tertiary/aromatic N) is 2. The van der Waals surface area contributed by atoms with Crippen LogP contribution in [0.15, 0.2) is 59.5 Å². The molecule has 0 saturated carbocycles. The normalized spacial score (nSPS) is 11.9. The summed E-state index contributed by atoms with van der Waals surface area (Å²) in [6.07, 6.45) is 0.190. The van der Waals surface area contributed by atoms with Crippen molar-refractivity contribution in [3.63, 3.8) is 0 Å². The molecule has 0 fully saturated rings. The highest BCUT2D eigenvalue weighted by atomic mass is 32.2. The quantitative estimate of drug-likeness (QED) is 0.632. The molecule has 9 heteroatoms. The van der Waals surface area contributed by atoms with Crippen LogP contribution in [0.2, 0.25) is 0 Å². The highest BCUT2D eigenvalue weighted by Crippen LogP contribution is 2.17. The van der Waals surface area contributed by atoms with E-state index in [1.165, 1.54) is 17.0 Å². The summed E-state index contributed by atoms with van der Waals surface area (Å²) in [6.45, 7) is 2.02. The minimum atomic E-state index is -3.77. The molecule has 158 valence electrons. The Morgan fingerprint density at radius 3 is 2.30 bits per heavy atom. The number of nitrogens with one attached hydrogen (secondary N) is 1. The monoisotopic (exact) mass is 428 g/mol. The van der Waals surface area contributed by atoms with Crippen molar-refractivity contribution < 1.29 is 18.0 Å². The third kappa shape index (κ3) is 6.69. The SMILES string of the molecule is CC(NC(=O)CCC(=O)N(CCC#N)c1ccccc1)c1ccc(S(N)(=O)=O)cc1. The van der Waals surface area contributed by atoms with Gasteiger partial charge >= 0.3 is 0 Å². The van der Waals surface area contributed by atoms with Crippen molar-refractivity contribution in [2.24, 2.45) is 5.14 Å². The van der Waals surface area contributed by atoms with Crippen molar-refractivity contribution in [1.82, 2.24) is 5.32 Å². The first-order valence-electron chi connectivity index (χ1n) is 9.37. The standard InChI is InChI=1S/C21H24N4O4S/c1-16(17-8-10-19(11-9-17)30(23,28)29)24-20(26)12-13-21(27)25(15-5-14-22)18-6-3-2-4-7-18/h2-4,6-11,16H,5,12-13,15H2,1H3,(H,24,26)(H2,23,28,29). The number of nitrogens with two attached hydrogens (primary N) is 1. The van der Waals surface area contributed by atoms with Crippen LogP contribution in [-0.2, 0) is 19.6 Å². The second kappa shape index (κ2) is 10.5. The maximum Gasteiger partial charge on any atom is 0.238 e. The van der Waals surface area contributed by atoms with Gasteiger partial charge in [-0.2, -0.15) is 5.26 Å². The van der Waals surface area contributed by atoms with Crippen LogP contribution in [0.5, 0.6) is 0 Å². The zero-order valence-electron chi connectivity index (χ0n) is 16.6. The average molecular weight is 429 g/mol. The molecule has 0 bridgehead atoms. The third-order valence-corrected chi connectivity index (χ3v) is 5.40. The first-order chi connectivity index (χ1) is 14.2. The van der Waals surface area contributed by atoms with Crippen molar-refractivity contribution in [3.05, 3.63) is 60.2 Å².